The maximum absolute atomic E-state index is 13.5. The Hall–Kier alpha value is -2.60. The van der Waals surface area contributed by atoms with Gasteiger partial charge in [-0.1, -0.05) is 11.2 Å². The number of benzene rings is 2. The summed E-state index contributed by atoms with van der Waals surface area (Å²) in [7, 11) is -2.22. The van der Waals surface area contributed by atoms with E-state index >= 15 is 0 Å². The average molecular weight is 509 g/mol. The Morgan fingerprint density at radius 2 is 1.97 bits per heavy atom. The molecule has 3 atom stereocenters. The Bertz CT molecular complexity index is 1340. The molecule has 2 aromatic carbocycles. The van der Waals surface area contributed by atoms with Gasteiger partial charge in [-0.15, -0.1) is 0 Å². The summed E-state index contributed by atoms with van der Waals surface area (Å²) in [6, 6.07) is 8.83. The number of nitrogens with zero attached hydrogens (tertiary/aromatic N) is 1. The lowest BCUT2D eigenvalue weighted by Gasteiger charge is -2.24. The first kappa shape index (κ1) is 24.5. The van der Waals surface area contributed by atoms with Crippen molar-refractivity contribution in [2.24, 2.45) is 0 Å². The van der Waals surface area contributed by atoms with Gasteiger partial charge in [0.2, 0.25) is 10.0 Å². The highest BCUT2D eigenvalue weighted by Gasteiger charge is 2.35. The molecule has 1 aromatic heterocycles. The molecule has 1 unspecified atom stereocenters. The van der Waals surface area contributed by atoms with Gasteiger partial charge >= 0.3 is 0 Å². The van der Waals surface area contributed by atoms with Gasteiger partial charge in [0.1, 0.15) is 29.0 Å². The molecule has 4 rings (SSSR count). The Balaban J connectivity index is 1.96. The molecule has 0 spiro atoms. The van der Waals surface area contributed by atoms with E-state index in [2.05, 4.69) is 5.32 Å². The first-order valence-corrected chi connectivity index (χ1v) is 14.1. The van der Waals surface area contributed by atoms with Gasteiger partial charge in [-0.05, 0) is 37.3 Å². The number of hydrogen-bond acceptors (Lipinski definition) is 6. The average Bonchev–Trinajstić information content (AvgIpc) is 3.06. The molecule has 34 heavy (non-hydrogen) atoms. The SMILES string of the molecule is CNC(=O)c1c(-c2ccc(F)cc2)oc2cc3c(cc12)[C@H](C)O[C@H](C[S+](C)[O-])CN3S(C)(=O)=O. The van der Waals surface area contributed by atoms with Gasteiger partial charge in [-0.2, -0.15) is 0 Å². The molecular formula is C23H25FN2O6S2. The van der Waals surface area contributed by atoms with E-state index in [1.807, 2.05) is 0 Å². The molecule has 3 aromatic rings. The summed E-state index contributed by atoms with van der Waals surface area (Å²) in [5, 5.41) is 3.07. The van der Waals surface area contributed by atoms with Crippen molar-refractivity contribution in [3.8, 4) is 11.3 Å². The third-order valence-corrected chi connectivity index (χ3v) is 7.68. The van der Waals surface area contributed by atoms with E-state index in [9.17, 15) is 22.2 Å². The third-order valence-electron chi connectivity index (χ3n) is 5.69. The van der Waals surface area contributed by atoms with Crippen molar-refractivity contribution in [2.45, 2.75) is 19.1 Å². The Morgan fingerprint density at radius 3 is 2.56 bits per heavy atom. The molecule has 1 aliphatic rings. The highest BCUT2D eigenvalue weighted by atomic mass is 32.2. The molecule has 0 bridgehead atoms. The highest BCUT2D eigenvalue weighted by molar-refractivity contribution is 7.92. The summed E-state index contributed by atoms with van der Waals surface area (Å²) in [5.41, 5.74) is 1.98. The maximum Gasteiger partial charge on any atom is 0.255 e. The summed E-state index contributed by atoms with van der Waals surface area (Å²) in [6.45, 7) is 1.78. The fraction of sp³-hybridized carbons (Fsp3) is 0.348. The molecule has 0 radical (unpaired) electrons. The topological polar surface area (TPSA) is 112 Å². The Morgan fingerprint density at radius 1 is 1.29 bits per heavy atom. The van der Waals surface area contributed by atoms with Gasteiger partial charge in [0.15, 0.2) is 0 Å². The number of fused-ring (bicyclic) bond motifs is 2. The molecule has 8 nitrogen and oxygen atoms in total. The van der Waals surface area contributed by atoms with Gasteiger partial charge in [0.05, 0.1) is 36.4 Å². The lowest BCUT2D eigenvalue weighted by molar-refractivity contribution is 0.0193. The van der Waals surface area contributed by atoms with Crippen molar-refractivity contribution < 1.29 is 31.3 Å². The summed E-state index contributed by atoms with van der Waals surface area (Å²) < 4.78 is 64.1. The number of halogens is 1. The van der Waals surface area contributed by atoms with E-state index < -0.39 is 45.1 Å². The number of sulfonamides is 1. The number of ether oxygens (including phenoxy) is 1. The Kier molecular flexibility index (Phi) is 6.65. The second-order valence-electron chi connectivity index (χ2n) is 8.23. The number of rotatable bonds is 5. The van der Waals surface area contributed by atoms with Crippen LogP contribution in [0.15, 0.2) is 40.8 Å². The Labute approximate surface area is 200 Å². The van der Waals surface area contributed by atoms with E-state index in [0.29, 0.717) is 27.8 Å². The van der Waals surface area contributed by atoms with Crippen LogP contribution < -0.4 is 9.62 Å². The van der Waals surface area contributed by atoms with Crippen molar-refractivity contribution in [2.75, 3.05) is 36.2 Å². The van der Waals surface area contributed by atoms with Crippen LogP contribution in [0.5, 0.6) is 0 Å². The summed E-state index contributed by atoms with van der Waals surface area (Å²) >= 11 is -1.19. The smallest absolute Gasteiger partial charge is 0.255 e. The van der Waals surface area contributed by atoms with E-state index in [1.54, 1.807) is 19.1 Å². The van der Waals surface area contributed by atoms with Crippen LogP contribution in [0.2, 0.25) is 0 Å². The molecule has 1 N–H and O–H groups in total. The van der Waals surface area contributed by atoms with E-state index in [4.69, 9.17) is 9.15 Å². The summed E-state index contributed by atoms with van der Waals surface area (Å²) in [4.78, 5) is 12.8. The van der Waals surface area contributed by atoms with E-state index in [1.165, 1.54) is 41.9 Å². The van der Waals surface area contributed by atoms with E-state index in [-0.39, 0.29) is 23.6 Å². The predicted molar refractivity (Wildman–Crippen MR) is 129 cm³/mol. The molecular weight excluding hydrogens is 483 g/mol. The number of furan rings is 1. The molecule has 1 aliphatic heterocycles. The minimum atomic E-state index is -3.71. The molecule has 0 saturated carbocycles. The number of nitrogens with one attached hydrogen (secondary N) is 1. The fourth-order valence-corrected chi connectivity index (χ4v) is 5.86. The molecule has 11 heteroatoms. The van der Waals surface area contributed by atoms with Gasteiger partial charge < -0.3 is 19.0 Å². The van der Waals surface area contributed by atoms with Crippen LogP contribution in [-0.4, -0.2) is 56.8 Å². The molecule has 182 valence electrons. The monoisotopic (exact) mass is 508 g/mol. The largest absolute Gasteiger partial charge is 0.616 e. The standard InChI is InChI=1S/C23H25FN2O6S2/c1-13-17-9-18-20(10-19(17)26(34(4,29)30)11-16(31-13)12-33(3)28)32-22(21(18)23(27)25-2)14-5-7-15(24)8-6-14/h5-10,13,16H,11-12H2,1-4H3,(H,25,27)/t13-,16-,33?/m0/s1. The van der Waals surface area contributed by atoms with Gasteiger partial charge in [0, 0.05) is 29.6 Å². The normalized spacial score (nSPS) is 19.5. The van der Waals surface area contributed by atoms with Crippen molar-refractivity contribution in [1.29, 1.82) is 0 Å². The second kappa shape index (κ2) is 9.21. The molecule has 2 heterocycles. The molecule has 0 saturated heterocycles. The van der Waals surface area contributed by atoms with Crippen molar-refractivity contribution in [3.63, 3.8) is 0 Å². The van der Waals surface area contributed by atoms with Crippen LogP contribution in [0.25, 0.3) is 22.3 Å². The first-order valence-electron chi connectivity index (χ1n) is 10.5. The predicted octanol–water partition coefficient (Wildman–Crippen LogP) is 3.20. The minimum Gasteiger partial charge on any atom is -0.616 e. The number of carbonyl (C=O) groups excluding carboxylic acids is 1. The van der Waals surface area contributed by atoms with Crippen LogP contribution in [0, 0.1) is 5.82 Å². The van der Waals surface area contributed by atoms with Gasteiger partial charge in [0.25, 0.3) is 5.91 Å². The molecule has 0 aliphatic carbocycles. The lowest BCUT2D eigenvalue weighted by atomic mass is 10.0. The van der Waals surface area contributed by atoms with Crippen molar-refractivity contribution >= 4 is 43.8 Å². The van der Waals surface area contributed by atoms with Crippen LogP contribution in [0.1, 0.15) is 28.9 Å². The maximum atomic E-state index is 13.5. The molecule has 0 fully saturated rings. The quantitative estimate of drug-likeness (QED) is 0.530. The summed E-state index contributed by atoms with van der Waals surface area (Å²) in [5.74, 6) is -0.406. The van der Waals surface area contributed by atoms with Crippen molar-refractivity contribution in [1.82, 2.24) is 5.32 Å². The van der Waals surface area contributed by atoms with Gasteiger partial charge in [-0.25, -0.2) is 12.8 Å². The van der Waals surface area contributed by atoms with Crippen LogP contribution >= 0.6 is 0 Å². The van der Waals surface area contributed by atoms with Crippen LogP contribution in [0.3, 0.4) is 0 Å². The van der Waals surface area contributed by atoms with Crippen LogP contribution in [-0.2, 0) is 25.9 Å². The fourth-order valence-electron chi connectivity index (χ4n) is 4.20. The van der Waals surface area contributed by atoms with E-state index in [0.717, 1.165) is 6.26 Å². The second-order valence-corrected chi connectivity index (χ2v) is 11.6. The minimum absolute atomic E-state index is 0.00487. The number of hydrogen-bond donors (Lipinski definition) is 1. The number of carbonyl (C=O) groups is 1. The third kappa shape index (κ3) is 4.65. The zero-order valence-electron chi connectivity index (χ0n) is 19.1. The van der Waals surface area contributed by atoms with Crippen molar-refractivity contribution in [3.05, 3.63) is 53.3 Å². The lowest BCUT2D eigenvalue weighted by Crippen LogP contribution is -2.39. The first-order chi connectivity index (χ1) is 16.0. The molecule has 1 amide bonds. The van der Waals surface area contributed by atoms with Crippen LogP contribution in [0.4, 0.5) is 10.1 Å². The number of amides is 1. The zero-order valence-corrected chi connectivity index (χ0v) is 20.8. The zero-order chi connectivity index (χ0) is 24.8. The van der Waals surface area contributed by atoms with Gasteiger partial charge in [-0.3, -0.25) is 9.10 Å². The summed E-state index contributed by atoms with van der Waals surface area (Å²) in [6.07, 6.45) is 1.51. The highest BCUT2D eigenvalue weighted by Crippen LogP contribution is 2.42. The number of anilines is 1.